The van der Waals surface area contributed by atoms with E-state index in [0.29, 0.717) is 12.5 Å². The second-order valence-corrected chi connectivity index (χ2v) is 4.80. The molecule has 0 amide bonds. The number of benzene rings is 2. The lowest BCUT2D eigenvalue weighted by Crippen LogP contribution is -1.97. The van der Waals surface area contributed by atoms with Crippen molar-refractivity contribution in [2.45, 2.75) is 32.7 Å². The summed E-state index contributed by atoms with van der Waals surface area (Å²) in [6.07, 6.45) is 1.16. The van der Waals surface area contributed by atoms with Crippen molar-refractivity contribution in [1.82, 2.24) is 0 Å². The van der Waals surface area contributed by atoms with E-state index < -0.39 is 0 Å². The fourth-order valence-corrected chi connectivity index (χ4v) is 2.23. The van der Waals surface area contributed by atoms with Gasteiger partial charge in [-0.05, 0) is 34.6 Å². The molecule has 0 bridgehead atoms. The van der Waals surface area contributed by atoms with Crippen molar-refractivity contribution in [3.8, 4) is 11.1 Å². The molecule has 0 aliphatic rings. The summed E-state index contributed by atoms with van der Waals surface area (Å²) in [6.45, 7) is 5.12. The Morgan fingerprint density at radius 1 is 1.00 bits per heavy atom. The molecule has 2 aromatic rings. The largest absolute Gasteiger partial charge is 0.326 e. The SMILES string of the molecule is CCC(C)c1ccccc1-c1ccc(CN)cc1. The van der Waals surface area contributed by atoms with Gasteiger partial charge in [-0.1, -0.05) is 62.4 Å². The van der Waals surface area contributed by atoms with Crippen LogP contribution in [-0.4, -0.2) is 0 Å². The maximum Gasteiger partial charge on any atom is 0.0178 e. The number of rotatable bonds is 4. The molecule has 0 aliphatic carbocycles. The van der Waals surface area contributed by atoms with E-state index in [1.807, 2.05) is 0 Å². The highest BCUT2D eigenvalue weighted by Gasteiger charge is 2.09. The smallest absolute Gasteiger partial charge is 0.0178 e. The first-order valence-electron chi connectivity index (χ1n) is 6.64. The molecule has 0 fully saturated rings. The Morgan fingerprint density at radius 3 is 2.28 bits per heavy atom. The molecular weight excluding hydrogens is 218 g/mol. The molecule has 2 rings (SSSR count). The van der Waals surface area contributed by atoms with Crippen LogP contribution >= 0.6 is 0 Å². The van der Waals surface area contributed by atoms with Crippen molar-refractivity contribution in [1.29, 1.82) is 0 Å². The lowest BCUT2D eigenvalue weighted by atomic mass is 9.90. The molecule has 0 spiro atoms. The summed E-state index contributed by atoms with van der Waals surface area (Å²) in [6, 6.07) is 17.2. The highest BCUT2D eigenvalue weighted by Crippen LogP contribution is 2.30. The first-order chi connectivity index (χ1) is 8.76. The quantitative estimate of drug-likeness (QED) is 0.844. The molecule has 2 aromatic carbocycles. The zero-order valence-corrected chi connectivity index (χ0v) is 11.2. The Morgan fingerprint density at radius 2 is 1.67 bits per heavy atom. The Kier molecular flexibility index (Phi) is 4.16. The highest BCUT2D eigenvalue weighted by molar-refractivity contribution is 5.68. The standard InChI is InChI=1S/C17H21N/c1-3-13(2)16-6-4-5-7-17(16)15-10-8-14(12-18)9-11-15/h4-11,13H,3,12,18H2,1-2H3. The Hall–Kier alpha value is -1.60. The lowest BCUT2D eigenvalue weighted by molar-refractivity contribution is 0.735. The minimum absolute atomic E-state index is 0.593. The summed E-state index contributed by atoms with van der Waals surface area (Å²) in [5.74, 6) is 0.593. The summed E-state index contributed by atoms with van der Waals surface area (Å²) in [5, 5.41) is 0. The van der Waals surface area contributed by atoms with E-state index in [2.05, 4.69) is 62.4 Å². The average Bonchev–Trinajstić information content (AvgIpc) is 2.46. The van der Waals surface area contributed by atoms with Gasteiger partial charge in [-0.25, -0.2) is 0 Å². The minimum Gasteiger partial charge on any atom is -0.326 e. The van der Waals surface area contributed by atoms with Gasteiger partial charge in [0.1, 0.15) is 0 Å². The van der Waals surface area contributed by atoms with Crippen molar-refractivity contribution < 1.29 is 0 Å². The third kappa shape index (κ3) is 2.62. The van der Waals surface area contributed by atoms with E-state index in [-0.39, 0.29) is 0 Å². The van der Waals surface area contributed by atoms with Crippen LogP contribution in [0.2, 0.25) is 0 Å². The van der Waals surface area contributed by atoms with Gasteiger partial charge < -0.3 is 5.73 Å². The van der Waals surface area contributed by atoms with Crippen molar-refractivity contribution in [2.75, 3.05) is 0 Å². The first kappa shape index (κ1) is 12.8. The van der Waals surface area contributed by atoms with Crippen LogP contribution in [0.3, 0.4) is 0 Å². The van der Waals surface area contributed by atoms with Crippen molar-refractivity contribution in [3.05, 3.63) is 59.7 Å². The van der Waals surface area contributed by atoms with Gasteiger partial charge in [0.05, 0.1) is 0 Å². The minimum atomic E-state index is 0.593. The predicted molar refractivity (Wildman–Crippen MR) is 78.5 cm³/mol. The molecule has 0 saturated carbocycles. The molecule has 1 atom stereocenters. The molecule has 1 nitrogen and oxygen atoms in total. The van der Waals surface area contributed by atoms with E-state index >= 15 is 0 Å². The van der Waals surface area contributed by atoms with Crippen LogP contribution in [0, 0.1) is 0 Å². The maximum absolute atomic E-state index is 5.64. The van der Waals surface area contributed by atoms with Gasteiger partial charge in [-0.2, -0.15) is 0 Å². The summed E-state index contributed by atoms with van der Waals surface area (Å²) < 4.78 is 0. The molecule has 0 aromatic heterocycles. The highest BCUT2D eigenvalue weighted by atomic mass is 14.5. The van der Waals surface area contributed by atoms with E-state index in [1.165, 1.54) is 22.3 Å². The molecule has 1 unspecified atom stereocenters. The average molecular weight is 239 g/mol. The second kappa shape index (κ2) is 5.83. The summed E-state index contributed by atoms with van der Waals surface area (Å²) in [5.41, 5.74) is 10.9. The second-order valence-electron chi connectivity index (χ2n) is 4.80. The van der Waals surface area contributed by atoms with E-state index in [4.69, 9.17) is 5.73 Å². The van der Waals surface area contributed by atoms with E-state index in [1.54, 1.807) is 0 Å². The van der Waals surface area contributed by atoms with Gasteiger partial charge in [0.25, 0.3) is 0 Å². The van der Waals surface area contributed by atoms with E-state index in [0.717, 1.165) is 6.42 Å². The van der Waals surface area contributed by atoms with Crippen LogP contribution in [-0.2, 0) is 6.54 Å². The van der Waals surface area contributed by atoms with Gasteiger partial charge >= 0.3 is 0 Å². The molecule has 0 radical (unpaired) electrons. The molecule has 2 N–H and O–H groups in total. The van der Waals surface area contributed by atoms with Gasteiger partial charge in [-0.15, -0.1) is 0 Å². The maximum atomic E-state index is 5.64. The normalized spacial score (nSPS) is 12.4. The fourth-order valence-electron chi connectivity index (χ4n) is 2.23. The molecule has 0 saturated heterocycles. The van der Waals surface area contributed by atoms with Gasteiger partial charge in [-0.3, -0.25) is 0 Å². The fraction of sp³-hybridized carbons (Fsp3) is 0.294. The summed E-state index contributed by atoms with van der Waals surface area (Å²) in [7, 11) is 0. The number of hydrogen-bond donors (Lipinski definition) is 1. The van der Waals surface area contributed by atoms with Crippen LogP contribution in [0.15, 0.2) is 48.5 Å². The van der Waals surface area contributed by atoms with Gasteiger partial charge in [0, 0.05) is 6.54 Å². The molecule has 18 heavy (non-hydrogen) atoms. The molecular formula is C17H21N. The Balaban J connectivity index is 2.43. The Bertz CT molecular complexity index is 499. The zero-order valence-electron chi connectivity index (χ0n) is 11.2. The first-order valence-corrected chi connectivity index (χ1v) is 6.64. The lowest BCUT2D eigenvalue weighted by Gasteiger charge is -2.15. The molecule has 0 heterocycles. The summed E-state index contributed by atoms with van der Waals surface area (Å²) in [4.78, 5) is 0. The zero-order chi connectivity index (χ0) is 13.0. The van der Waals surface area contributed by atoms with Crippen LogP contribution in [0.25, 0.3) is 11.1 Å². The third-order valence-electron chi connectivity index (χ3n) is 3.60. The van der Waals surface area contributed by atoms with Crippen LogP contribution in [0.1, 0.15) is 37.3 Å². The number of hydrogen-bond acceptors (Lipinski definition) is 1. The van der Waals surface area contributed by atoms with Gasteiger partial charge in [0.2, 0.25) is 0 Å². The van der Waals surface area contributed by atoms with Crippen LogP contribution < -0.4 is 5.73 Å². The topological polar surface area (TPSA) is 26.0 Å². The monoisotopic (exact) mass is 239 g/mol. The van der Waals surface area contributed by atoms with Crippen molar-refractivity contribution >= 4 is 0 Å². The van der Waals surface area contributed by atoms with E-state index in [9.17, 15) is 0 Å². The van der Waals surface area contributed by atoms with Gasteiger partial charge in [0.15, 0.2) is 0 Å². The van der Waals surface area contributed by atoms with Crippen LogP contribution in [0.5, 0.6) is 0 Å². The Labute approximate surface area is 110 Å². The van der Waals surface area contributed by atoms with Crippen molar-refractivity contribution in [3.63, 3.8) is 0 Å². The summed E-state index contributed by atoms with van der Waals surface area (Å²) >= 11 is 0. The predicted octanol–water partition coefficient (Wildman–Crippen LogP) is 4.33. The molecule has 1 heteroatoms. The molecule has 0 aliphatic heterocycles. The third-order valence-corrected chi connectivity index (χ3v) is 3.60. The van der Waals surface area contributed by atoms with Crippen LogP contribution in [0.4, 0.5) is 0 Å². The van der Waals surface area contributed by atoms with Crippen molar-refractivity contribution in [2.24, 2.45) is 5.73 Å². The number of nitrogens with two attached hydrogens (primary N) is 1. The molecule has 94 valence electrons.